The van der Waals surface area contributed by atoms with Crippen LogP contribution in [0.25, 0.3) is 0 Å². The molecule has 1 heterocycles. The molecule has 2 fully saturated rings. The smallest absolute Gasteiger partial charge is 0.333 e. The van der Waals surface area contributed by atoms with Crippen molar-refractivity contribution in [2.24, 2.45) is 0 Å². The molecule has 0 amide bonds. The topological polar surface area (TPSA) is 48.1 Å². The van der Waals surface area contributed by atoms with Gasteiger partial charge in [-0.3, -0.25) is 0 Å². The molecule has 0 aromatic rings. The molecule has 0 aromatic heterocycles. The number of carbonyl (C=O) groups is 1. The zero-order chi connectivity index (χ0) is 12.3. The van der Waals surface area contributed by atoms with Crippen molar-refractivity contribution in [3.63, 3.8) is 0 Å². The fraction of sp³-hybridized carbons (Fsp3) is 0.769. The molecule has 1 unspecified atom stereocenters. The molecule has 2 aliphatic rings. The largest absolute Gasteiger partial charge is 0.459 e. The summed E-state index contributed by atoms with van der Waals surface area (Å²) in [5.41, 5.74) is 0.467. The molecule has 0 bridgehead atoms. The van der Waals surface area contributed by atoms with Crippen molar-refractivity contribution in [2.45, 2.75) is 50.9 Å². The van der Waals surface area contributed by atoms with Crippen LogP contribution >= 0.6 is 0 Å². The van der Waals surface area contributed by atoms with Crippen LogP contribution in [0.3, 0.4) is 0 Å². The SMILES string of the molecule is C=C(C)C(=O)OC1CCC(OCC2CO2)CC1. The molecule has 0 N–H and O–H groups in total. The Labute approximate surface area is 102 Å². The summed E-state index contributed by atoms with van der Waals surface area (Å²) in [6.07, 6.45) is 4.36. The van der Waals surface area contributed by atoms with Gasteiger partial charge < -0.3 is 14.2 Å². The van der Waals surface area contributed by atoms with Crippen molar-refractivity contribution in [3.05, 3.63) is 12.2 Å². The Hall–Kier alpha value is -0.870. The lowest BCUT2D eigenvalue weighted by Gasteiger charge is -2.28. The highest BCUT2D eigenvalue weighted by Crippen LogP contribution is 2.25. The molecular weight excluding hydrogens is 220 g/mol. The lowest BCUT2D eigenvalue weighted by molar-refractivity contribution is -0.147. The van der Waals surface area contributed by atoms with Crippen molar-refractivity contribution in [2.75, 3.05) is 13.2 Å². The predicted octanol–water partition coefficient (Wildman–Crippen LogP) is 1.83. The first-order valence-corrected chi connectivity index (χ1v) is 6.25. The van der Waals surface area contributed by atoms with Gasteiger partial charge in [0.25, 0.3) is 0 Å². The van der Waals surface area contributed by atoms with E-state index in [4.69, 9.17) is 14.2 Å². The lowest BCUT2D eigenvalue weighted by Crippen LogP contribution is -2.29. The number of carbonyl (C=O) groups excluding carboxylic acids is 1. The summed E-state index contributed by atoms with van der Waals surface area (Å²) in [6, 6.07) is 0. The van der Waals surface area contributed by atoms with E-state index in [2.05, 4.69) is 6.58 Å². The van der Waals surface area contributed by atoms with Gasteiger partial charge in [0.05, 0.1) is 19.3 Å². The number of epoxide rings is 1. The van der Waals surface area contributed by atoms with Crippen LogP contribution in [-0.4, -0.2) is 37.5 Å². The molecular formula is C13H20O4. The summed E-state index contributed by atoms with van der Waals surface area (Å²) in [4.78, 5) is 11.3. The van der Waals surface area contributed by atoms with Crippen molar-refractivity contribution < 1.29 is 19.0 Å². The van der Waals surface area contributed by atoms with E-state index in [1.807, 2.05) is 0 Å². The van der Waals surface area contributed by atoms with E-state index in [1.165, 1.54) is 0 Å². The van der Waals surface area contributed by atoms with Gasteiger partial charge in [0.15, 0.2) is 0 Å². The Kier molecular flexibility index (Phi) is 4.18. The van der Waals surface area contributed by atoms with E-state index in [-0.39, 0.29) is 12.1 Å². The first-order valence-electron chi connectivity index (χ1n) is 6.25. The minimum Gasteiger partial charge on any atom is -0.459 e. The van der Waals surface area contributed by atoms with Crippen LogP contribution in [0.1, 0.15) is 32.6 Å². The first-order chi connectivity index (χ1) is 8.15. The maximum Gasteiger partial charge on any atom is 0.333 e. The molecule has 0 radical (unpaired) electrons. The molecule has 96 valence electrons. The third kappa shape index (κ3) is 4.13. The van der Waals surface area contributed by atoms with Crippen LogP contribution in [0.2, 0.25) is 0 Å². The van der Waals surface area contributed by atoms with Crippen LogP contribution in [0.5, 0.6) is 0 Å². The predicted molar refractivity (Wildman–Crippen MR) is 62.6 cm³/mol. The highest BCUT2D eigenvalue weighted by molar-refractivity contribution is 5.87. The number of hydrogen-bond acceptors (Lipinski definition) is 4. The Morgan fingerprint density at radius 3 is 2.41 bits per heavy atom. The first kappa shape index (κ1) is 12.6. The van der Waals surface area contributed by atoms with Gasteiger partial charge >= 0.3 is 5.97 Å². The van der Waals surface area contributed by atoms with Crippen LogP contribution < -0.4 is 0 Å². The van der Waals surface area contributed by atoms with Gasteiger partial charge in [0.1, 0.15) is 12.2 Å². The maximum atomic E-state index is 11.3. The minimum absolute atomic E-state index is 0.0382. The van der Waals surface area contributed by atoms with Gasteiger partial charge in [0, 0.05) is 5.57 Å². The molecule has 1 saturated heterocycles. The van der Waals surface area contributed by atoms with Gasteiger partial charge in [-0.2, -0.15) is 0 Å². The monoisotopic (exact) mass is 240 g/mol. The average molecular weight is 240 g/mol. The van der Waals surface area contributed by atoms with Crippen LogP contribution in [0.15, 0.2) is 12.2 Å². The normalized spacial score (nSPS) is 31.9. The summed E-state index contributed by atoms with van der Waals surface area (Å²) in [7, 11) is 0. The summed E-state index contributed by atoms with van der Waals surface area (Å²) >= 11 is 0. The molecule has 17 heavy (non-hydrogen) atoms. The standard InChI is InChI=1S/C13H20O4/c1-9(2)13(14)17-11-5-3-10(4-6-11)15-7-12-8-16-12/h10-12H,1,3-8H2,2H3. The average Bonchev–Trinajstić information content (AvgIpc) is 3.12. The Bertz CT molecular complexity index is 288. The lowest BCUT2D eigenvalue weighted by atomic mass is 9.95. The molecule has 0 spiro atoms. The molecule has 4 heteroatoms. The van der Waals surface area contributed by atoms with Crippen molar-refractivity contribution in [1.29, 1.82) is 0 Å². The Morgan fingerprint density at radius 2 is 1.88 bits per heavy atom. The van der Waals surface area contributed by atoms with Gasteiger partial charge in [-0.25, -0.2) is 4.79 Å². The summed E-state index contributed by atoms with van der Waals surface area (Å²) in [5.74, 6) is -0.277. The van der Waals surface area contributed by atoms with Gasteiger partial charge in [-0.1, -0.05) is 6.58 Å². The van der Waals surface area contributed by atoms with E-state index in [1.54, 1.807) is 6.92 Å². The second-order valence-corrected chi connectivity index (χ2v) is 4.87. The zero-order valence-corrected chi connectivity index (χ0v) is 10.3. The van der Waals surface area contributed by atoms with Gasteiger partial charge in [0.2, 0.25) is 0 Å². The fourth-order valence-corrected chi connectivity index (χ4v) is 1.98. The van der Waals surface area contributed by atoms with E-state index in [0.717, 1.165) is 32.3 Å². The summed E-state index contributed by atoms with van der Waals surface area (Å²) < 4.78 is 16.1. The number of esters is 1. The number of ether oxygens (including phenoxy) is 3. The van der Waals surface area contributed by atoms with E-state index in [9.17, 15) is 4.79 Å². The molecule has 1 atom stereocenters. The van der Waals surface area contributed by atoms with Crippen LogP contribution in [0, 0.1) is 0 Å². The van der Waals surface area contributed by atoms with Crippen molar-refractivity contribution >= 4 is 5.97 Å². The zero-order valence-electron chi connectivity index (χ0n) is 10.3. The molecule has 2 rings (SSSR count). The maximum absolute atomic E-state index is 11.3. The number of rotatable bonds is 5. The van der Waals surface area contributed by atoms with Gasteiger partial charge in [-0.05, 0) is 32.6 Å². The second kappa shape index (κ2) is 5.65. The van der Waals surface area contributed by atoms with E-state index >= 15 is 0 Å². The highest BCUT2D eigenvalue weighted by Gasteiger charge is 2.28. The quantitative estimate of drug-likeness (QED) is 0.418. The van der Waals surface area contributed by atoms with Crippen LogP contribution in [-0.2, 0) is 19.0 Å². The molecule has 4 nitrogen and oxygen atoms in total. The number of hydrogen-bond donors (Lipinski definition) is 0. The van der Waals surface area contributed by atoms with E-state index < -0.39 is 0 Å². The molecule has 1 aliphatic carbocycles. The summed E-state index contributed by atoms with van der Waals surface area (Å²) in [5, 5.41) is 0. The molecule has 0 aromatic carbocycles. The van der Waals surface area contributed by atoms with Crippen LogP contribution in [0.4, 0.5) is 0 Å². The van der Waals surface area contributed by atoms with Gasteiger partial charge in [-0.15, -0.1) is 0 Å². The minimum atomic E-state index is -0.277. The fourth-order valence-electron chi connectivity index (χ4n) is 1.98. The van der Waals surface area contributed by atoms with E-state index in [0.29, 0.717) is 24.4 Å². The third-order valence-electron chi connectivity index (χ3n) is 3.16. The molecule has 1 saturated carbocycles. The summed E-state index contributed by atoms with van der Waals surface area (Å²) in [6.45, 7) is 6.80. The Morgan fingerprint density at radius 1 is 1.29 bits per heavy atom. The van der Waals surface area contributed by atoms with Crippen molar-refractivity contribution in [1.82, 2.24) is 0 Å². The Balaban J connectivity index is 1.62. The second-order valence-electron chi connectivity index (χ2n) is 4.87. The third-order valence-corrected chi connectivity index (χ3v) is 3.16. The highest BCUT2D eigenvalue weighted by atomic mass is 16.6. The molecule has 1 aliphatic heterocycles. The van der Waals surface area contributed by atoms with Crippen molar-refractivity contribution in [3.8, 4) is 0 Å².